The van der Waals surface area contributed by atoms with Gasteiger partial charge in [0.25, 0.3) is 5.91 Å². The van der Waals surface area contributed by atoms with Crippen molar-refractivity contribution < 1.29 is 14.7 Å². The van der Waals surface area contributed by atoms with E-state index < -0.39 is 6.03 Å². The third-order valence-corrected chi connectivity index (χ3v) is 7.11. The molecule has 0 aliphatic carbocycles. The van der Waals surface area contributed by atoms with Crippen LogP contribution in [-0.4, -0.2) is 29.9 Å². The zero-order chi connectivity index (χ0) is 26.4. The molecule has 0 unspecified atom stereocenters. The summed E-state index contributed by atoms with van der Waals surface area (Å²) in [4.78, 5) is 30.9. The van der Waals surface area contributed by atoms with Crippen molar-refractivity contribution in [2.45, 2.75) is 52.4 Å². The maximum absolute atomic E-state index is 13.5. The number of hydrogen-bond donors (Lipinski definition) is 2. The van der Waals surface area contributed by atoms with Crippen LogP contribution in [0.1, 0.15) is 52.7 Å². The van der Waals surface area contributed by atoms with Crippen LogP contribution in [0.4, 0.5) is 26.9 Å². The molecule has 4 rings (SSSR count). The van der Waals surface area contributed by atoms with Gasteiger partial charge in [-0.1, -0.05) is 41.5 Å². The van der Waals surface area contributed by atoms with Crippen molar-refractivity contribution in [3.05, 3.63) is 65.0 Å². The molecule has 188 valence electrons. The van der Waals surface area contributed by atoms with Gasteiger partial charge in [-0.25, -0.2) is 9.69 Å². The van der Waals surface area contributed by atoms with Gasteiger partial charge in [-0.3, -0.25) is 20.0 Å². The number of hydrogen-bond acceptors (Lipinski definition) is 5. The van der Waals surface area contributed by atoms with E-state index in [9.17, 15) is 14.7 Å². The van der Waals surface area contributed by atoms with E-state index in [0.717, 1.165) is 21.8 Å². The molecular weight excluding hydrogens is 472 g/mol. The van der Waals surface area contributed by atoms with Crippen LogP contribution in [0.3, 0.4) is 0 Å². The highest BCUT2D eigenvalue weighted by Gasteiger charge is 2.39. The number of anilines is 4. The summed E-state index contributed by atoms with van der Waals surface area (Å²) in [6.45, 7) is 12.0. The van der Waals surface area contributed by atoms with Crippen molar-refractivity contribution in [3.8, 4) is 5.75 Å². The molecule has 1 aliphatic rings. The molecule has 2 aromatic carbocycles. The number of carbonyl (C=O) groups excluding carboxylic acids is 2. The Morgan fingerprint density at radius 3 is 2.00 bits per heavy atom. The van der Waals surface area contributed by atoms with Gasteiger partial charge in [0, 0.05) is 22.5 Å². The highest BCUT2D eigenvalue weighted by atomic mass is 32.1. The van der Waals surface area contributed by atoms with Gasteiger partial charge in [-0.15, -0.1) is 11.3 Å². The second-order valence-corrected chi connectivity index (χ2v) is 11.9. The van der Waals surface area contributed by atoms with E-state index in [1.54, 1.807) is 29.2 Å². The number of imide groups is 1. The molecule has 0 bridgehead atoms. The Morgan fingerprint density at radius 2 is 1.53 bits per heavy atom. The van der Waals surface area contributed by atoms with Crippen molar-refractivity contribution in [2.24, 2.45) is 0 Å². The number of aromatic hydroxyl groups is 1. The fourth-order valence-corrected chi connectivity index (χ4v) is 5.04. The second-order valence-electron chi connectivity index (χ2n) is 11.0. The van der Waals surface area contributed by atoms with Crippen LogP contribution < -0.4 is 14.7 Å². The number of thiophene rings is 1. The van der Waals surface area contributed by atoms with Gasteiger partial charge >= 0.3 is 6.03 Å². The number of nitrogens with zero attached hydrogens (tertiary/aromatic N) is 3. The zero-order valence-corrected chi connectivity index (χ0v) is 22.3. The lowest BCUT2D eigenvalue weighted by atomic mass is 9.79. The summed E-state index contributed by atoms with van der Waals surface area (Å²) in [5, 5.41) is 21.7. The van der Waals surface area contributed by atoms with Crippen LogP contribution >= 0.6 is 11.3 Å². The average molecular weight is 505 g/mol. The number of amides is 3. The molecule has 0 atom stereocenters. The van der Waals surface area contributed by atoms with Crippen molar-refractivity contribution in [1.82, 2.24) is 0 Å². The van der Waals surface area contributed by atoms with Gasteiger partial charge in [-0.05, 0) is 64.7 Å². The Bertz CT molecular complexity index is 1270. The van der Waals surface area contributed by atoms with E-state index >= 15 is 0 Å². The van der Waals surface area contributed by atoms with Crippen LogP contribution in [-0.2, 0) is 15.6 Å². The summed E-state index contributed by atoms with van der Waals surface area (Å²) >= 11 is 1.52. The lowest BCUT2D eigenvalue weighted by Gasteiger charge is -2.29. The Morgan fingerprint density at radius 1 is 0.944 bits per heavy atom. The molecule has 1 saturated heterocycles. The number of urea groups is 1. The summed E-state index contributed by atoms with van der Waals surface area (Å²) in [5.41, 5.74) is 2.57. The van der Waals surface area contributed by atoms with Crippen molar-refractivity contribution in [3.63, 3.8) is 0 Å². The topological polar surface area (TPSA) is 87.9 Å². The van der Waals surface area contributed by atoms with Crippen molar-refractivity contribution in [2.75, 3.05) is 21.2 Å². The molecule has 36 heavy (non-hydrogen) atoms. The Kier molecular flexibility index (Phi) is 6.43. The fraction of sp³-hybridized carbons (Fsp3) is 0.321. The molecule has 1 aromatic heterocycles. The monoisotopic (exact) mass is 504 g/mol. The molecule has 3 aromatic rings. The smallest absolute Gasteiger partial charge is 0.336 e. The van der Waals surface area contributed by atoms with Gasteiger partial charge in [-0.2, -0.15) is 0 Å². The minimum atomic E-state index is -0.430. The van der Waals surface area contributed by atoms with Crippen LogP contribution in [0.25, 0.3) is 0 Å². The summed E-state index contributed by atoms with van der Waals surface area (Å²) < 4.78 is 0. The first-order valence-corrected chi connectivity index (χ1v) is 12.7. The maximum atomic E-state index is 13.5. The standard InChI is InChI=1S/C28H32N4O3S/c1-27(2,3)21-14-20(15-22(25(21)34)28(4,5)6)30-16-23(33)32(26(30)35)19-11-9-18(10-12-19)31(17-29)24-8-7-13-36-24/h7-15,17,29,34H,16H2,1-6H3. The van der Waals surface area contributed by atoms with E-state index in [1.807, 2.05) is 71.2 Å². The first-order chi connectivity index (χ1) is 16.8. The van der Waals surface area contributed by atoms with Crippen LogP contribution in [0.2, 0.25) is 0 Å². The molecule has 8 heteroatoms. The second kappa shape index (κ2) is 9.09. The predicted octanol–water partition coefficient (Wildman–Crippen LogP) is 6.77. The molecule has 7 nitrogen and oxygen atoms in total. The van der Waals surface area contributed by atoms with E-state index in [2.05, 4.69) is 0 Å². The third kappa shape index (κ3) is 4.60. The minimum Gasteiger partial charge on any atom is -0.507 e. The van der Waals surface area contributed by atoms with Crippen LogP contribution in [0, 0.1) is 5.41 Å². The lowest BCUT2D eigenvalue weighted by molar-refractivity contribution is -0.115. The van der Waals surface area contributed by atoms with Crippen molar-refractivity contribution in [1.29, 1.82) is 5.41 Å². The molecule has 0 radical (unpaired) electrons. The molecule has 2 N–H and O–H groups in total. The Balaban J connectivity index is 1.68. The molecule has 2 heterocycles. The van der Waals surface area contributed by atoms with Gasteiger partial charge in [0.2, 0.25) is 0 Å². The largest absolute Gasteiger partial charge is 0.507 e. The van der Waals surface area contributed by atoms with Crippen molar-refractivity contribution >= 4 is 51.7 Å². The van der Waals surface area contributed by atoms with E-state index in [4.69, 9.17) is 5.41 Å². The van der Waals surface area contributed by atoms with Crippen LogP contribution in [0.5, 0.6) is 5.75 Å². The first kappa shape index (κ1) is 25.4. The molecule has 0 saturated carbocycles. The molecular formula is C28H32N4O3S. The Hall–Kier alpha value is -3.65. The van der Waals surface area contributed by atoms with Crippen LogP contribution in [0.15, 0.2) is 53.9 Å². The number of phenolic OH excluding ortho intramolecular Hbond substituents is 1. The quantitative estimate of drug-likeness (QED) is 0.228. The number of rotatable bonds is 5. The number of nitrogens with one attached hydrogen (secondary N) is 1. The maximum Gasteiger partial charge on any atom is 0.336 e. The fourth-order valence-electron chi connectivity index (χ4n) is 4.31. The lowest BCUT2D eigenvalue weighted by Crippen LogP contribution is -2.33. The predicted molar refractivity (Wildman–Crippen MR) is 147 cm³/mol. The van der Waals surface area contributed by atoms with E-state index in [-0.39, 0.29) is 29.0 Å². The summed E-state index contributed by atoms with van der Waals surface area (Å²) in [6, 6.07) is 14.0. The third-order valence-electron chi connectivity index (χ3n) is 6.25. The number of phenols is 1. The van der Waals surface area contributed by atoms with Gasteiger partial charge in [0.1, 0.15) is 17.3 Å². The van der Waals surface area contributed by atoms with Gasteiger partial charge in [0.15, 0.2) is 0 Å². The number of benzene rings is 2. The SMILES string of the molecule is CC(C)(C)c1cc(N2CC(=O)N(c3ccc(N(C=N)c4cccs4)cc3)C2=O)cc(C(C)(C)C)c1O. The summed E-state index contributed by atoms with van der Waals surface area (Å²) in [5.74, 6) is -0.0942. The Labute approximate surface area is 216 Å². The highest BCUT2D eigenvalue weighted by Crippen LogP contribution is 2.42. The summed E-state index contributed by atoms with van der Waals surface area (Å²) in [7, 11) is 0. The van der Waals surface area contributed by atoms with Gasteiger partial charge in [0.05, 0.1) is 12.0 Å². The molecule has 0 spiro atoms. The van der Waals surface area contributed by atoms with E-state index in [0.29, 0.717) is 11.4 Å². The normalized spacial score (nSPS) is 14.5. The van der Waals surface area contributed by atoms with Gasteiger partial charge < -0.3 is 5.11 Å². The first-order valence-electron chi connectivity index (χ1n) is 11.8. The summed E-state index contributed by atoms with van der Waals surface area (Å²) in [6.07, 6.45) is 1.24. The zero-order valence-electron chi connectivity index (χ0n) is 21.5. The molecule has 3 amide bonds. The molecule has 1 fully saturated rings. The molecule has 1 aliphatic heterocycles. The highest BCUT2D eigenvalue weighted by molar-refractivity contribution is 7.14. The number of carbonyl (C=O) groups is 2. The minimum absolute atomic E-state index is 0.0830. The average Bonchev–Trinajstić information content (AvgIpc) is 3.42. The van der Waals surface area contributed by atoms with E-state index in [1.165, 1.54) is 27.5 Å².